The summed E-state index contributed by atoms with van der Waals surface area (Å²) in [5, 5.41) is 0. The molecule has 1 aromatic carbocycles. The van der Waals surface area contributed by atoms with Crippen LogP contribution in [0.15, 0.2) is 22.7 Å². The molecule has 5 heteroatoms. The summed E-state index contributed by atoms with van der Waals surface area (Å²) in [4.78, 5) is 0. The molecular formula is C11H15BrFNOS. The van der Waals surface area contributed by atoms with E-state index in [4.69, 9.17) is 5.73 Å². The van der Waals surface area contributed by atoms with Crippen molar-refractivity contribution in [2.45, 2.75) is 25.1 Å². The van der Waals surface area contributed by atoms with Gasteiger partial charge >= 0.3 is 0 Å². The van der Waals surface area contributed by atoms with Crippen LogP contribution in [0.3, 0.4) is 0 Å². The third kappa shape index (κ3) is 4.31. The maximum Gasteiger partial charge on any atom is 0.137 e. The predicted octanol–water partition coefficient (Wildman–Crippen LogP) is 2.57. The summed E-state index contributed by atoms with van der Waals surface area (Å²) in [6.07, 6.45) is 0. The highest BCUT2D eigenvalue weighted by molar-refractivity contribution is 9.10. The van der Waals surface area contributed by atoms with Crippen molar-refractivity contribution < 1.29 is 8.60 Å². The number of halogens is 2. The van der Waals surface area contributed by atoms with Gasteiger partial charge in [-0.15, -0.1) is 0 Å². The molecule has 0 heterocycles. The molecule has 1 atom stereocenters. The summed E-state index contributed by atoms with van der Waals surface area (Å²) in [5.74, 6) is 0.385. The molecule has 0 fully saturated rings. The first-order valence-electron chi connectivity index (χ1n) is 4.86. The van der Waals surface area contributed by atoms with Crippen LogP contribution in [0, 0.1) is 5.82 Å². The van der Waals surface area contributed by atoms with Crippen molar-refractivity contribution in [1.29, 1.82) is 0 Å². The molecule has 0 spiro atoms. The summed E-state index contributed by atoms with van der Waals surface area (Å²) in [6.45, 7) is 3.65. The monoisotopic (exact) mass is 307 g/mol. The highest BCUT2D eigenvalue weighted by atomic mass is 79.9. The van der Waals surface area contributed by atoms with Crippen LogP contribution in [0.4, 0.5) is 4.39 Å². The molecule has 1 unspecified atom stereocenters. The number of nitrogens with two attached hydrogens (primary N) is 1. The van der Waals surface area contributed by atoms with Crippen molar-refractivity contribution in [3.05, 3.63) is 34.1 Å². The zero-order valence-corrected chi connectivity index (χ0v) is 11.7. The number of hydrogen-bond donors (Lipinski definition) is 1. The van der Waals surface area contributed by atoms with Crippen LogP contribution in [0.1, 0.15) is 19.4 Å². The van der Waals surface area contributed by atoms with Crippen LogP contribution < -0.4 is 5.73 Å². The molecule has 1 rings (SSSR count). The largest absolute Gasteiger partial charge is 0.325 e. The molecule has 0 aliphatic rings. The molecule has 0 saturated carbocycles. The molecule has 0 bridgehead atoms. The van der Waals surface area contributed by atoms with Gasteiger partial charge in [-0.05, 0) is 41.4 Å². The third-order valence-electron chi connectivity index (χ3n) is 1.88. The van der Waals surface area contributed by atoms with Crippen molar-refractivity contribution >= 4 is 26.7 Å². The van der Waals surface area contributed by atoms with E-state index in [0.717, 1.165) is 0 Å². The first-order chi connectivity index (χ1) is 7.29. The van der Waals surface area contributed by atoms with Crippen LogP contribution in [0.25, 0.3) is 0 Å². The second-order valence-corrected chi connectivity index (χ2v) is 6.68. The van der Waals surface area contributed by atoms with Gasteiger partial charge in [-0.2, -0.15) is 0 Å². The zero-order chi connectivity index (χ0) is 12.3. The molecule has 2 N–H and O–H groups in total. The van der Waals surface area contributed by atoms with Gasteiger partial charge in [-0.3, -0.25) is 4.21 Å². The van der Waals surface area contributed by atoms with Gasteiger partial charge < -0.3 is 5.73 Å². The molecule has 0 saturated heterocycles. The molecule has 1 aromatic rings. The molecule has 0 radical (unpaired) electrons. The van der Waals surface area contributed by atoms with Gasteiger partial charge in [0.25, 0.3) is 0 Å². The highest BCUT2D eigenvalue weighted by Gasteiger charge is 2.16. The minimum Gasteiger partial charge on any atom is -0.325 e. The van der Waals surface area contributed by atoms with Gasteiger partial charge in [0.2, 0.25) is 0 Å². The van der Waals surface area contributed by atoms with Gasteiger partial charge in [0.15, 0.2) is 0 Å². The Morgan fingerprint density at radius 2 is 2.12 bits per heavy atom. The van der Waals surface area contributed by atoms with Crippen molar-refractivity contribution in [3.8, 4) is 0 Å². The van der Waals surface area contributed by atoms with E-state index in [2.05, 4.69) is 15.9 Å². The first kappa shape index (κ1) is 13.8. The summed E-state index contributed by atoms with van der Waals surface area (Å²) >= 11 is 3.15. The van der Waals surface area contributed by atoms with E-state index < -0.39 is 16.3 Å². The lowest BCUT2D eigenvalue weighted by atomic mass is 10.1. The number of benzene rings is 1. The first-order valence-corrected chi connectivity index (χ1v) is 7.14. The highest BCUT2D eigenvalue weighted by Crippen LogP contribution is 2.22. The summed E-state index contributed by atoms with van der Waals surface area (Å²) in [6, 6.07) is 4.73. The average Bonchev–Trinajstić information content (AvgIpc) is 2.09. The van der Waals surface area contributed by atoms with Crippen LogP contribution in [0.5, 0.6) is 0 Å². The summed E-state index contributed by atoms with van der Waals surface area (Å²) in [5.41, 5.74) is 6.02. The van der Waals surface area contributed by atoms with E-state index >= 15 is 0 Å². The Labute approximate surface area is 106 Å². The van der Waals surface area contributed by atoms with Gasteiger partial charge in [-0.1, -0.05) is 12.1 Å². The lowest BCUT2D eigenvalue weighted by molar-refractivity contribution is 0.577. The van der Waals surface area contributed by atoms with E-state index in [1.54, 1.807) is 12.1 Å². The lowest BCUT2D eigenvalue weighted by Crippen LogP contribution is -2.38. The number of rotatable bonds is 4. The van der Waals surface area contributed by atoms with Crippen molar-refractivity contribution in [2.75, 3.05) is 5.75 Å². The summed E-state index contributed by atoms with van der Waals surface area (Å²) in [7, 11) is -1.08. The second kappa shape index (κ2) is 5.38. The molecule has 0 aromatic heterocycles. The molecule has 0 aliphatic heterocycles. The average molecular weight is 308 g/mol. The van der Waals surface area contributed by atoms with Gasteiger partial charge in [0.1, 0.15) is 5.82 Å². The smallest absolute Gasteiger partial charge is 0.137 e. The minimum atomic E-state index is -1.08. The van der Waals surface area contributed by atoms with Gasteiger partial charge in [0.05, 0.1) is 4.47 Å². The fourth-order valence-corrected chi connectivity index (χ4v) is 3.41. The van der Waals surface area contributed by atoms with Crippen LogP contribution in [-0.4, -0.2) is 15.5 Å². The fraction of sp³-hybridized carbons (Fsp3) is 0.455. The molecule has 16 heavy (non-hydrogen) atoms. The Balaban J connectivity index is 2.74. The summed E-state index contributed by atoms with van der Waals surface area (Å²) < 4.78 is 25.4. The minimum absolute atomic E-state index is 0.318. The SMILES string of the molecule is CC(C)(N)CS(=O)Cc1cccc(F)c1Br. The molecule has 0 amide bonds. The van der Waals surface area contributed by atoms with Crippen LogP contribution >= 0.6 is 15.9 Å². The van der Waals surface area contributed by atoms with E-state index in [0.29, 0.717) is 21.5 Å². The number of hydrogen-bond acceptors (Lipinski definition) is 2. The second-order valence-electron chi connectivity index (χ2n) is 4.43. The lowest BCUT2D eigenvalue weighted by Gasteiger charge is -2.17. The quantitative estimate of drug-likeness (QED) is 0.929. The molecule has 0 aliphatic carbocycles. The molecule has 90 valence electrons. The fourth-order valence-electron chi connectivity index (χ4n) is 1.30. The van der Waals surface area contributed by atoms with Crippen LogP contribution in [0.2, 0.25) is 0 Å². The van der Waals surface area contributed by atoms with E-state index in [1.807, 2.05) is 13.8 Å². The van der Waals surface area contributed by atoms with Crippen molar-refractivity contribution in [2.24, 2.45) is 5.73 Å². The Kier molecular flexibility index (Phi) is 4.64. The Morgan fingerprint density at radius 3 is 2.69 bits per heavy atom. The topological polar surface area (TPSA) is 43.1 Å². The molecule has 2 nitrogen and oxygen atoms in total. The van der Waals surface area contributed by atoms with E-state index in [1.165, 1.54) is 6.07 Å². The van der Waals surface area contributed by atoms with Crippen LogP contribution in [-0.2, 0) is 16.6 Å². The van der Waals surface area contributed by atoms with Gasteiger partial charge in [-0.25, -0.2) is 4.39 Å². The Morgan fingerprint density at radius 1 is 1.50 bits per heavy atom. The van der Waals surface area contributed by atoms with Crippen molar-refractivity contribution in [1.82, 2.24) is 0 Å². The van der Waals surface area contributed by atoms with E-state index in [9.17, 15) is 8.60 Å². The Hall–Kier alpha value is -0.260. The van der Waals surface area contributed by atoms with E-state index in [-0.39, 0.29) is 5.82 Å². The van der Waals surface area contributed by atoms with Crippen molar-refractivity contribution in [3.63, 3.8) is 0 Å². The standard InChI is InChI=1S/C11H15BrFNOS/c1-11(2,14)7-16(15)6-8-4-3-5-9(13)10(8)12/h3-5H,6-7,14H2,1-2H3. The molecular weight excluding hydrogens is 293 g/mol. The van der Waals surface area contributed by atoms with Gasteiger partial charge in [0, 0.05) is 27.8 Å². The zero-order valence-electron chi connectivity index (χ0n) is 9.30. The predicted molar refractivity (Wildman–Crippen MR) is 69.1 cm³/mol. The third-order valence-corrected chi connectivity index (χ3v) is 4.47. The Bertz CT molecular complexity index is 403. The maximum atomic E-state index is 13.2. The maximum absolute atomic E-state index is 13.2. The normalized spacial score (nSPS) is 13.8.